The molecule has 4 aromatic rings. The van der Waals surface area contributed by atoms with Crippen LogP contribution in [0, 0.1) is 0 Å². The number of anilines is 1. The Bertz CT molecular complexity index is 1220. The summed E-state index contributed by atoms with van der Waals surface area (Å²) in [5, 5.41) is 22.4. The molecule has 0 bridgehead atoms. The lowest BCUT2D eigenvalue weighted by Crippen LogP contribution is -2.15. The summed E-state index contributed by atoms with van der Waals surface area (Å²) in [6.45, 7) is 0.656. The summed E-state index contributed by atoms with van der Waals surface area (Å²) in [7, 11) is 0. The van der Waals surface area contributed by atoms with Gasteiger partial charge in [0.25, 0.3) is 0 Å². The molecule has 0 amide bonds. The van der Waals surface area contributed by atoms with Crippen LogP contribution in [0.15, 0.2) is 42.6 Å². The van der Waals surface area contributed by atoms with Gasteiger partial charge in [0, 0.05) is 18.7 Å². The highest BCUT2D eigenvalue weighted by Crippen LogP contribution is 2.35. The normalized spacial score (nSPS) is 12.0. The van der Waals surface area contributed by atoms with Crippen molar-refractivity contribution in [1.82, 2.24) is 14.4 Å². The molecule has 0 atom stereocenters. The van der Waals surface area contributed by atoms with E-state index in [0.29, 0.717) is 35.5 Å². The van der Waals surface area contributed by atoms with E-state index >= 15 is 0 Å². The number of hydrogen-bond acceptors (Lipinski definition) is 6. The van der Waals surface area contributed by atoms with Crippen LogP contribution in [0.5, 0.6) is 11.5 Å². The molecule has 0 saturated carbocycles. The smallest absolute Gasteiger partial charge is 0.416 e. The Hall–Kier alpha value is -3.53. The van der Waals surface area contributed by atoms with Gasteiger partial charge in [0.1, 0.15) is 0 Å². The van der Waals surface area contributed by atoms with Crippen LogP contribution in [-0.4, -0.2) is 37.7 Å². The number of phenolic OH excluding ortho intramolecular Hbond substituents is 2. The Balaban J connectivity index is 2.03. The van der Waals surface area contributed by atoms with Crippen LogP contribution < -0.4 is 11.1 Å². The van der Waals surface area contributed by atoms with Gasteiger partial charge < -0.3 is 21.3 Å². The third-order valence-electron chi connectivity index (χ3n) is 4.46. The SMILES string of the molecule is NCCNc1nc2cc(C(F)(F)F)ccc2n2c(-c3ccc(O)c(O)c3)cnc12. The molecule has 0 aliphatic carbocycles. The lowest BCUT2D eigenvalue weighted by molar-refractivity contribution is -0.137. The van der Waals surface area contributed by atoms with E-state index in [1.54, 1.807) is 10.5 Å². The number of halogens is 3. The molecule has 0 aliphatic rings. The van der Waals surface area contributed by atoms with Gasteiger partial charge in [-0.25, -0.2) is 9.97 Å². The van der Waals surface area contributed by atoms with Gasteiger partial charge in [-0.15, -0.1) is 0 Å². The number of imidazole rings is 1. The Morgan fingerprint density at radius 1 is 1.07 bits per heavy atom. The highest BCUT2D eigenvalue weighted by molar-refractivity contribution is 5.87. The molecular weight excluding hydrogens is 387 g/mol. The second-order valence-corrected chi connectivity index (χ2v) is 6.38. The first kappa shape index (κ1) is 18.8. The number of rotatable bonds is 4. The Labute approximate surface area is 162 Å². The van der Waals surface area contributed by atoms with Crippen molar-refractivity contribution in [3.63, 3.8) is 0 Å². The van der Waals surface area contributed by atoms with Gasteiger partial charge >= 0.3 is 6.18 Å². The number of alkyl halides is 3. The fourth-order valence-corrected chi connectivity index (χ4v) is 3.11. The molecule has 0 fully saturated rings. The first-order chi connectivity index (χ1) is 13.8. The zero-order chi connectivity index (χ0) is 20.8. The minimum Gasteiger partial charge on any atom is -0.504 e. The summed E-state index contributed by atoms with van der Waals surface area (Å²) < 4.78 is 41.2. The van der Waals surface area contributed by atoms with Gasteiger partial charge in [0.05, 0.1) is 28.5 Å². The maximum Gasteiger partial charge on any atom is 0.416 e. The van der Waals surface area contributed by atoms with E-state index in [1.807, 2.05) is 0 Å². The molecule has 0 spiro atoms. The molecule has 0 aliphatic heterocycles. The van der Waals surface area contributed by atoms with Gasteiger partial charge in [-0.1, -0.05) is 0 Å². The minimum absolute atomic E-state index is 0.120. The molecule has 7 nitrogen and oxygen atoms in total. The van der Waals surface area contributed by atoms with Crippen LogP contribution in [0.4, 0.5) is 19.0 Å². The number of nitrogens with zero attached hydrogens (tertiary/aromatic N) is 3. The highest BCUT2D eigenvalue weighted by Gasteiger charge is 2.31. The fraction of sp³-hybridized carbons (Fsp3) is 0.158. The highest BCUT2D eigenvalue weighted by atomic mass is 19.4. The maximum absolute atomic E-state index is 13.2. The largest absolute Gasteiger partial charge is 0.504 e. The lowest BCUT2D eigenvalue weighted by Gasteiger charge is -2.13. The summed E-state index contributed by atoms with van der Waals surface area (Å²) >= 11 is 0. The summed E-state index contributed by atoms with van der Waals surface area (Å²) in [6.07, 6.45) is -2.98. The molecule has 150 valence electrons. The summed E-state index contributed by atoms with van der Waals surface area (Å²) in [6, 6.07) is 7.53. The third-order valence-corrected chi connectivity index (χ3v) is 4.46. The van der Waals surface area contributed by atoms with Gasteiger partial charge in [0.15, 0.2) is 23.0 Å². The summed E-state index contributed by atoms with van der Waals surface area (Å²) in [4.78, 5) is 8.67. The molecule has 29 heavy (non-hydrogen) atoms. The first-order valence-corrected chi connectivity index (χ1v) is 8.64. The van der Waals surface area contributed by atoms with Crippen LogP contribution in [0.3, 0.4) is 0 Å². The summed E-state index contributed by atoms with van der Waals surface area (Å²) in [5.41, 5.74) is 6.66. The Morgan fingerprint density at radius 2 is 1.86 bits per heavy atom. The van der Waals surface area contributed by atoms with Crippen LogP contribution >= 0.6 is 0 Å². The number of benzene rings is 2. The molecule has 2 aromatic carbocycles. The number of nitrogens with two attached hydrogens (primary N) is 1. The van der Waals surface area contributed by atoms with E-state index in [0.717, 1.165) is 12.1 Å². The summed E-state index contributed by atoms with van der Waals surface area (Å²) in [5.74, 6) is -0.317. The average molecular weight is 403 g/mol. The topological polar surface area (TPSA) is 109 Å². The van der Waals surface area contributed by atoms with E-state index in [9.17, 15) is 23.4 Å². The molecule has 4 rings (SSSR count). The van der Waals surface area contributed by atoms with E-state index in [1.165, 1.54) is 24.4 Å². The fourth-order valence-electron chi connectivity index (χ4n) is 3.11. The number of phenols is 2. The van der Waals surface area contributed by atoms with E-state index in [4.69, 9.17) is 5.73 Å². The van der Waals surface area contributed by atoms with Crippen LogP contribution in [0.25, 0.3) is 27.9 Å². The molecule has 2 aromatic heterocycles. The van der Waals surface area contributed by atoms with Crippen molar-refractivity contribution >= 4 is 22.5 Å². The Kier molecular flexibility index (Phi) is 4.42. The second-order valence-electron chi connectivity index (χ2n) is 6.38. The van der Waals surface area contributed by atoms with E-state index in [-0.39, 0.29) is 22.8 Å². The zero-order valence-electron chi connectivity index (χ0n) is 14.9. The average Bonchev–Trinajstić information content (AvgIpc) is 3.12. The molecule has 0 saturated heterocycles. The monoisotopic (exact) mass is 403 g/mol. The Morgan fingerprint density at radius 3 is 2.55 bits per heavy atom. The molecular formula is C19H16F3N5O2. The maximum atomic E-state index is 13.2. The second kappa shape index (κ2) is 6.82. The number of aromatic hydroxyl groups is 2. The minimum atomic E-state index is -4.50. The van der Waals surface area contributed by atoms with Crippen molar-refractivity contribution in [3.8, 4) is 22.8 Å². The predicted octanol–water partition coefficient (Wildman–Crippen LogP) is 3.35. The lowest BCUT2D eigenvalue weighted by atomic mass is 10.1. The number of fused-ring (bicyclic) bond motifs is 3. The van der Waals surface area contributed by atoms with Crippen LogP contribution in [0.2, 0.25) is 0 Å². The number of nitrogens with one attached hydrogen (secondary N) is 1. The van der Waals surface area contributed by atoms with Crippen molar-refractivity contribution in [2.45, 2.75) is 6.18 Å². The van der Waals surface area contributed by atoms with Gasteiger partial charge in [-0.3, -0.25) is 4.40 Å². The predicted molar refractivity (Wildman–Crippen MR) is 102 cm³/mol. The van der Waals surface area contributed by atoms with E-state index < -0.39 is 11.7 Å². The molecule has 0 radical (unpaired) electrons. The van der Waals surface area contributed by atoms with Crippen molar-refractivity contribution in [2.24, 2.45) is 5.73 Å². The van der Waals surface area contributed by atoms with Crippen molar-refractivity contribution in [3.05, 3.63) is 48.2 Å². The molecule has 0 unspecified atom stereocenters. The molecule has 10 heteroatoms. The van der Waals surface area contributed by atoms with Crippen molar-refractivity contribution in [2.75, 3.05) is 18.4 Å². The quantitative estimate of drug-likeness (QED) is 0.389. The van der Waals surface area contributed by atoms with Gasteiger partial charge in [0.2, 0.25) is 0 Å². The van der Waals surface area contributed by atoms with Gasteiger partial charge in [-0.2, -0.15) is 13.2 Å². The number of hydrogen-bond donors (Lipinski definition) is 4. The zero-order valence-corrected chi connectivity index (χ0v) is 14.9. The number of aromatic nitrogens is 3. The third kappa shape index (κ3) is 3.27. The standard InChI is InChI=1S/C19H16F3N5O2/c20-19(21,22)11-2-3-13-12(8-11)26-17(24-6-5-23)18-25-9-14(27(13)18)10-1-4-15(28)16(29)7-10/h1-4,7-9,28-29H,5-6,23H2,(H,24,26). The first-order valence-electron chi connectivity index (χ1n) is 8.64. The van der Waals surface area contributed by atoms with Crippen LogP contribution in [0.1, 0.15) is 5.56 Å². The molecule has 5 N–H and O–H groups in total. The van der Waals surface area contributed by atoms with Crippen molar-refractivity contribution < 1.29 is 23.4 Å². The van der Waals surface area contributed by atoms with Gasteiger partial charge in [-0.05, 0) is 36.4 Å². The van der Waals surface area contributed by atoms with Crippen LogP contribution in [-0.2, 0) is 6.18 Å². The van der Waals surface area contributed by atoms with Crippen molar-refractivity contribution in [1.29, 1.82) is 0 Å². The van der Waals surface area contributed by atoms with E-state index in [2.05, 4.69) is 15.3 Å². The molecule has 2 heterocycles.